The van der Waals surface area contributed by atoms with Gasteiger partial charge in [-0.1, -0.05) is 19.1 Å². The Morgan fingerprint density at radius 1 is 1.30 bits per heavy atom. The molecule has 0 aromatic heterocycles. The molecule has 1 amide bonds. The minimum atomic E-state index is -0.478. The lowest BCUT2D eigenvalue weighted by molar-refractivity contribution is -0.127. The quantitative estimate of drug-likeness (QED) is 0.805. The van der Waals surface area contributed by atoms with E-state index in [0.29, 0.717) is 6.54 Å². The fourth-order valence-corrected chi connectivity index (χ4v) is 2.15. The molecule has 1 rings (SSSR count). The summed E-state index contributed by atoms with van der Waals surface area (Å²) in [5.74, 6) is 0.744. The van der Waals surface area contributed by atoms with Crippen molar-refractivity contribution in [2.24, 2.45) is 0 Å². The standard InChI is InChI=1S/C16H26N2O2/c1-6-7-18-16(19)13(4)20-15-11(2)8-14(10-17-5)9-12(15)3/h8-9,13,17H,6-7,10H2,1-5H3,(H,18,19). The molecule has 0 aliphatic rings. The molecule has 112 valence electrons. The van der Waals surface area contributed by atoms with Gasteiger partial charge in [-0.25, -0.2) is 0 Å². The van der Waals surface area contributed by atoms with Gasteiger partial charge in [0, 0.05) is 13.1 Å². The number of rotatable bonds is 7. The highest BCUT2D eigenvalue weighted by atomic mass is 16.5. The SMILES string of the molecule is CCCNC(=O)C(C)Oc1c(C)cc(CNC)cc1C. The van der Waals surface area contributed by atoms with Crippen molar-refractivity contribution in [3.63, 3.8) is 0 Å². The smallest absolute Gasteiger partial charge is 0.260 e. The van der Waals surface area contributed by atoms with Gasteiger partial charge in [0.15, 0.2) is 6.10 Å². The third-order valence-electron chi connectivity index (χ3n) is 3.11. The van der Waals surface area contributed by atoms with Crippen LogP contribution in [0, 0.1) is 13.8 Å². The fourth-order valence-electron chi connectivity index (χ4n) is 2.15. The number of carbonyl (C=O) groups excluding carboxylic acids is 1. The second-order valence-electron chi connectivity index (χ2n) is 5.14. The molecule has 0 bridgehead atoms. The third-order valence-corrected chi connectivity index (χ3v) is 3.11. The Bertz CT molecular complexity index is 435. The van der Waals surface area contributed by atoms with E-state index in [2.05, 4.69) is 22.8 Å². The van der Waals surface area contributed by atoms with Crippen LogP contribution in [0.25, 0.3) is 0 Å². The van der Waals surface area contributed by atoms with Crippen molar-refractivity contribution in [2.75, 3.05) is 13.6 Å². The maximum Gasteiger partial charge on any atom is 0.260 e. The van der Waals surface area contributed by atoms with Gasteiger partial charge in [-0.05, 0) is 50.9 Å². The molecule has 20 heavy (non-hydrogen) atoms. The topological polar surface area (TPSA) is 50.4 Å². The summed E-state index contributed by atoms with van der Waals surface area (Å²) in [4.78, 5) is 11.9. The van der Waals surface area contributed by atoms with Crippen molar-refractivity contribution in [2.45, 2.75) is 46.8 Å². The van der Waals surface area contributed by atoms with Gasteiger partial charge in [0.05, 0.1) is 0 Å². The van der Waals surface area contributed by atoms with Crippen molar-refractivity contribution < 1.29 is 9.53 Å². The molecule has 0 saturated heterocycles. The van der Waals surface area contributed by atoms with Crippen LogP contribution in [0.1, 0.15) is 37.0 Å². The Hall–Kier alpha value is -1.55. The van der Waals surface area contributed by atoms with Gasteiger partial charge in [0.25, 0.3) is 5.91 Å². The predicted molar refractivity (Wildman–Crippen MR) is 82.1 cm³/mol. The van der Waals surface area contributed by atoms with E-state index in [-0.39, 0.29) is 5.91 Å². The first-order valence-corrected chi connectivity index (χ1v) is 7.18. The van der Waals surface area contributed by atoms with E-state index in [1.807, 2.05) is 27.8 Å². The number of carbonyl (C=O) groups is 1. The molecule has 1 aromatic carbocycles. The number of hydrogen-bond donors (Lipinski definition) is 2. The molecule has 0 saturated carbocycles. The van der Waals surface area contributed by atoms with Crippen LogP contribution in [0.5, 0.6) is 5.75 Å². The molecule has 1 atom stereocenters. The van der Waals surface area contributed by atoms with Gasteiger partial charge in [-0.2, -0.15) is 0 Å². The van der Waals surface area contributed by atoms with Crippen LogP contribution in [-0.2, 0) is 11.3 Å². The van der Waals surface area contributed by atoms with Crippen LogP contribution in [-0.4, -0.2) is 25.6 Å². The Balaban J connectivity index is 2.79. The second kappa shape index (κ2) is 7.90. The van der Waals surface area contributed by atoms with E-state index in [1.54, 1.807) is 6.92 Å². The minimum Gasteiger partial charge on any atom is -0.480 e. The van der Waals surface area contributed by atoms with Crippen LogP contribution < -0.4 is 15.4 Å². The highest BCUT2D eigenvalue weighted by molar-refractivity contribution is 5.80. The number of nitrogens with one attached hydrogen (secondary N) is 2. The Morgan fingerprint density at radius 3 is 2.40 bits per heavy atom. The second-order valence-corrected chi connectivity index (χ2v) is 5.14. The zero-order chi connectivity index (χ0) is 15.1. The molecule has 2 N–H and O–H groups in total. The molecular weight excluding hydrogens is 252 g/mol. The maximum absolute atomic E-state index is 11.9. The minimum absolute atomic E-state index is 0.0649. The van der Waals surface area contributed by atoms with Crippen LogP contribution >= 0.6 is 0 Å². The predicted octanol–water partition coefficient (Wildman–Crippen LogP) is 2.32. The molecule has 0 heterocycles. The lowest BCUT2D eigenvalue weighted by Crippen LogP contribution is -2.36. The van der Waals surface area contributed by atoms with Crippen LogP contribution in [0.2, 0.25) is 0 Å². The first-order chi connectivity index (χ1) is 9.49. The number of amides is 1. The van der Waals surface area contributed by atoms with Crippen molar-refractivity contribution in [3.8, 4) is 5.75 Å². The van der Waals surface area contributed by atoms with E-state index >= 15 is 0 Å². The molecule has 0 aliphatic heterocycles. The Kier molecular flexibility index (Phi) is 6.52. The fraction of sp³-hybridized carbons (Fsp3) is 0.562. The zero-order valence-corrected chi connectivity index (χ0v) is 13.2. The number of benzene rings is 1. The zero-order valence-electron chi connectivity index (χ0n) is 13.2. The van der Waals surface area contributed by atoms with Gasteiger partial charge in [0.2, 0.25) is 0 Å². The van der Waals surface area contributed by atoms with Crippen molar-refractivity contribution in [1.82, 2.24) is 10.6 Å². The summed E-state index contributed by atoms with van der Waals surface area (Å²) in [6.45, 7) is 9.35. The summed E-state index contributed by atoms with van der Waals surface area (Å²) in [6.07, 6.45) is 0.448. The van der Waals surface area contributed by atoms with E-state index < -0.39 is 6.10 Å². The largest absolute Gasteiger partial charge is 0.480 e. The van der Waals surface area contributed by atoms with Gasteiger partial charge >= 0.3 is 0 Å². The lowest BCUT2D eigenvalue weighted by atomic mass is 10.1. The van der Waals surface area contributed by atoms with Crippen molar-refractivity contribution >= 4 is 5.91 Å². The molecular formula is C16H26N2O2. The average molecular weight is 278 g/mol. The summed E-state index contributed by atoms with van der Waals surface area (Å²) >= 11 is 0. The highest BCUT2D eigenvalue weighted by Crippen LogP contribution is 2.26. The van der Waals surface area contributed by atoms with Crippen molar-refractivity contribution in [1.29, 1.82) is 0 Å². The van der Waals surface area contributed by atoms with Crippen LogP contribution in [0.4, 0.5) is 0 Å². The highest BCUT2D eigenvalue weighted by Gasteiger charge is 2.16. The molecule has 0 fully saturated rings. The third kappa shape index (κ3) is 4.53. The first kappa shape index (κ1) is 16.5. The number of aryl methyl sites for hydroxylation is 2. The van der Waals surface area contributed by atoms with E-state index in [0.717, 1.165) is 29.8 Å². The summed E-state index contributed by atoms with van der Waals surface area (Å²) < 4.78 is 5.84. The van der Waals surface area contributed by atoms with Crippen LogP contribution in [0.3, 0.4) is 0 Å². The molecule has 0 spiro atoms. The van der Waals surface area contributed by atoms with E-state index in [4.69, 9.17) is 4.74 Å². The van der Waals surface area contributed by atoms with Crippen molar-refractivity contribution in [3.05, 3.63) is 28.8 Å². The Labute approximate surface area is 121 Å². The van der Waals surface area contributed by atoms with E-state index in [1.165, 1.54) is 5.56 Å². The maximum atomic E-state index is 11.9. The summed E-state index contributed by atoms with van der Waals surface area (Å²) in [5, 5.41) is 5.98. The van der Waals surface area contributed by atoms with Crippen LogP contribution in [0.15, 0.2) is 12.1 Å². The first-order valence-electron chi connectivity index (χ1n) is 7.18. The van der Waals surface area contributed by atoms with E-state index in [9.17, 15) is 4.79 Å². The lowest BCUT2D eigenvalue weighted by Gasteiger charge is -2.19. The molecule has 0 aliphatic carbocycles. The number of hydrogen-bond acceptors (Lipinski definition) is 3. The average Bonchev–Trinajstić information content (AvgIpc) is 2.40. The normalized spacial score (nSPS) is 12.1. The molecule has 1 aromatic rings. The van der Waals surface area contributed by atoms with Gasteiger partial charge in [-0.3, -0.25) is 4.79 Å². The molecule has 4 heteroatoms. The molecule has 4 nitrogen and oxygen atoms in total. The molecule has 0 radical (unpaired) electrons. The van der Waals surface area contributed by atoms with Gasteiger partial charge in [0.1, 0.15) is 5.75 Å². The monoisotopic (exact) mass is 278 g/mol. The van der Waals surface area contributed by atoms with Gasteiger partial charge < -0.3 is 15.4 Å². The van der Waals surface area contributed by atoms with Gasteiger partial charge in [-0.15, -0.1) is 0 Å². The molecule has 1 unspecified atom stereocenters. The Morgan fingerprint density at radius 2 is 1.90 bits per heavy atom. The number of ether oxygens (including phenoxy) is 1. The summed E-state index contributed by atoms with van der Waals surface area (Å²) in [5.41, 5.74) is 3.34. The summed E-state index contributed by atoms with van der Waals surface area (Å²) in [6, 6.07) is 4.19. The summed E-state index contributed by atoms with van der Waals surface area (Å²) in [7, 11) is 1.93.